The molecule has 5 nitrogen and oxygen atoms in total. The van der Waals surface area contributed by atoms with Crippen molar-refractivity contribution in [2.24, 2.45) is 5.41 Å². The molecule has 0 atom stereocenters. The van der Waals surface area contributed by atoms with Gasteiger partial charge in [0.25, 0.3) is 5.89 Å². The highest BCUT2D eigenvalue weighted by Gasteiger charge is 2.32. The fourth-order valence-electron chi connectivity index (χ4n) is 4.47. The number of aliphatic hydroxyl groups is 1. The third-order valence-corrected chi connectivity index (χ3v) is 7.31. The molecule has 5 rings (SSSR count). The van der Waals surface area contributed by atoms with E-state index in [1.165, 1.54) is 5.56 Å². The fourth-order valence-corrected chi connectivity index (χ4v) is 4.76. The Hall–Kier alpha value is -3.41. The molecule has 35 heavy (non-hydrogen) atoms. The van der Waals surface area contributed by atoms with Crippen molar-refractivity contribution in [3.63, 3.8) is 0 Å². The average molecular weight is 486 g/mol. The van der Waals surface area contributed by atoms with Gasteiger partial charge in [-0.3, -0.25) is 4.90 Å². The van der Waals surface area contributed by atoms with Crippen LogP contribution in [0.15, 0.2) is 89.7 Å². The van der Waals surface area contributed by atoms with Crippen LogP contribution in [0.25, 0.3) is 34.0 Å². The van der Waals surface area contributed by atoms with E-state index in [-0.39, 0.29) is 5.41 Å². The Morgan fingerprint density at radius 2 is 1.69 bits per heavy atom. The summed E-state index contributed by atoms with van der Waals surface area (Å²) in [6.07, 6.45) is 1.84. The lowest BCUT2D eigenvalue weighted by molar-refractivity contribution is 0.103. The van der Waals surface area contributed by atoms with Crippen LogP contribution in [-0.2, 0) is 6.54 Å². The molecule has 3 aromatic carbocycles. The summed E-state index contributed by atoms with van der Waals surface area (Å²) < 4.78 is 5.54. The highest BCUT2D eigenvalue weighted by atomic mass is 35.5. The summed E-state index contributed by atoms with van der Waals surface area (Å²) >= 11 is 6.56. The van der Waals surface area contributed by atoms with Crippen LogP contribution in [0.3, 0.4) is 0 Å². The molecule has 0 bridgehead atoms. The minimum atomic E-state index is -0.164. The van der Waals surface area contributed by atoms with Crippen LogP contribution in [0.1, 0.15) is 25.3 Å². The number of aliphatic hydroxyl groups excluding tert-OH is 1. The van der Waals surface area contributed by atoms with Crippen LogP contribution in [-0.4, -0.2) is 33.2 Å². The highest BCUT2D eigenvalue weighted by molar-refractivity contribution is 6.33. The molecule has 1 fully saturated rings. The first kappa shape index (κ1) is 23.3. The first-order valence-electron chi connectivity index (χ1n) is 11.8. The van der Waals surface area contributed by atoms with E-state index < -0.39 is 0 Å². The first-order valence-corrected chi connectivity index (χ1v) is 12.2. The molecule has 0 saturated carbocycles. The molecule has 6 heteroatoms. The van der Waals surface area contributed by atoms with Crippen molar-refractivity contribution < 1.29 is 9.63 Å². The van der Waals surface area contributed by atoms with E-state index in [0.29, 0.717) is 22.5 Å². The highest BCUT2D eigenvalue weighted by Crippen LogP contribution is 2.36. The smallest absolute Gasteiger partial charge is 0.258 e. The van der Waals surface area contributed by atoms with Crippen LogP contribution in [0.5, 0.6) is 0 Å². The number of benzene rings is 3. The van der Waals surface area contributed by atoms with Crippen molar-refractivity contribution >= 4 is 11.6 Å². The van der Waals surface area contributed by atoms with Crippen molar-refractivity contribution in [3.8, 4) is 34.0 Å². The van der Waals surface area contributed by atoms with Crippen molar-refractivity contribution in [2.45, 2.75) is 26.3 Å². The zero-order valence-electron chi connectivity index (χ0n) is 19.7. The fraction of sp³-hybridized carbons (Fsp3) is 0.241. The normalized spacial score (nSPS) is 15.7. The number of rotatable bonds is 6. The summed E-state index contributed by atoms with van der Waals surface area (Å²) in [6.45, 7) is 8.60. The minimum Gasteiger partial charge on any atom is -0.512 e. The molecule has 178 valence electrons. The molecule has 0 amide bonds. The van der Waals surface area contributed by atoms with Gasteiger partial charge in [-0.25, -0.2) is 0 Å². The predicted octanol–water partition coefficient (Wildman–Crippen LogP) is 7.40. The molecular weight excluding hydrogens is 458 g/mol. The molecule has 0 aliphatic carbocycles. The zero-order chi connectivity index (χ0) is 24.4. The number of halogens is 1. The number of aromatic nitrogens is 2. The third kappa shape index (κ3) is 5.02. The molecule has 2 heterocycles. The molecule has 1 aliphatic rings. The van der Waals surface area contributed by atoms with Crippen LogP contribution < -0.4 is 0 Å². The number of hydrogen-bond acceptors (Lipinski definition) is 5. The zero-order valence-corrected chi connectivity index (χ0v) is 20.5. The van der Waals surface area contributed by atoms with E-state index in [9.17, 15) is 5.11 Å². The van der Waals surface area contributed by atoms with Gasteiger partial charge in [0, 0.05) is 33.7 Å². The third-order valence-electron chi connectivity index (χ3n) is 7.00. The van der Waals surface area contributed by atoms with Crippen molar-refractivity contribution in [3.05, 3.63) is 95.7 Å². The summed E-state index contributed by atoms with van der Waals surface area (Å²) in [7, 11) is 0. The Bertz CT molecular complexity index is 1320. The average Bonchev–Trinajstić information content (AvgIpc) is 3.37. The van der Waals surface area contributed by atoms with Gasteiger partial charge in [-0.15, -0.1) is 0 Å². The second kappa shape index (κ2) is 9.68. The van der Waals surface area contributed by atoms with Gasteiger partial charge in [0.2, 0.25) is 5.82 Å². The van der Waals surface area contributed by atoms with Gasteiger partial charge >= 0.3 is 0 Å². The van der Waals surface area contributed by atoms with Gasteiger partial charge in [-0.05, 0) is 49.2 Å². The van der Waals surface area contributed by atoms with Gasteiger partial charge in [0.15, 0.2) is 0 Å². The minimum absolute atomic E-state index is 0.164. The first-order chi connectivity index (χ1) is 16.9. The topological polar surface area (TPSA) is 62.4 Å². The lowest BCUT2D eigenvalue weighted by Gasteiger charge is -2.38. The number of hydrogen-bond donors (Lipinski definition) is 1. The number of piperidine rings is 1. The van der Waals surface area contributed by atoms with Crippen molar-refractivity contribution in [1.29, 1.82) is 0 Å². The van der Waals surface area contributed by atoms with E-state index >= 15 is 0 Å². The maximum atomic E-state index is 9.86. The Kier molecular flexibility index (Phi) is 6.46. The second-order valence-corrected chi connectivity index (χ2v) is 9.87. The number of nitrogens with zero attached hydrogens (tertiary/aromatic N) is 3. The van der Waals surface area contributed by atoms with Crippen LogP contribution in [0.2, 0.25) is 5.02 Å². The molecule has 0 spiro atoms. The lowest BCUT2D eigenvalue weighted by atomic mass is 9.79. The summed E-state index contributed by atoms with van der Waals surface area (Å²) in [4.78, 5) is 7.00. The predicted molar refractivity (Wildman–Crippen MR) is 140 cm³/mol. The summed E-state index contributed by atoms with van der Waals surface area (Å²) in [5.74, 6) is 1.29. The maximum Gasteiger partial charge on any atom is 0.258 e. The summed E-state index contributed by atoms with van der Waals surface area (Å²) in [5, 5.41) is 14.7. The Labute approximate surface area is 210 Å². The summed E-state index contributed by atoms with van der Waals surface area (Å²) in [6, 6.07) is 24.1. The Morgan fingerprint density at radius 1 is 1.00 bits per heavy atom. The number of likely N-dealkylation sites (tertiary alicyclic amines) is 1. The molecule has 1 aromatic heterocycles. The van der Waals surface area contributed by atoms with Crippen LogP contribution in [0.4, 0.5) is 0 Å². The maximum absolute atomic E-state index is 9.86. The van der Waals surface area contributed by atoms with Gasteiger partial charge in [0.1, 0.15) is 0 Å². The van der Waals surface area contributed by atoms with Gasteiger partial charge in [-0.1, -0.05) is 90.9 Å². The molecule has 0 radical (unpaired) electrons. The van der Waals surface area contributed by atoms with E-state index in [2.05, 4.69) is 40.7 Å². The Morgan fingerprint density at radius 3 is 2.34 bits per heavy atom. The molecule has 1 saturated heterocycles. The molecular formula is C29H28ClN3O2. The van der Waals surface area contributed by atoms with E-state index in [1.807, 2.05) is 60.7 Å². The summed E-state index contributed by atoms with van der Waals surface area (Å²) in [5.41, 5.74) is 4.78. The second-order valence-electron chi connectivity index (χ2n) is 9.46. The molecule has 1 aliphatic heterocycles. The molecule has 4 aromatic rings. The van der Waals surface area contributed by atoms with Crippen LogP contribution in [0, 0.1) is 5.41 Å². The van der Waals surface area contributed by atoms with Crippen molar-refractivity contribution in [1.82, 2.24) is 15.0 Å². The lowest BCUT2D eigenvalue weighted by Crippen LogP contribution is -2.39. The van der Waals surface area contributed by atoms with E-state index in [4.69, 9.17) is 16.1 Å². The molecule has 1 N–H and O–H groups in total. The van der Waals surface area contributed by atoms with Crippen molar-refractivity contribution in [2.75, 3.05) is 13.1 Å². The largest absolute Gasteiger partial charge is 0.512 e. The quantitative estimate of drug-likeness (QED) is 0.288. The van der Waals surface area contributed by atoms with Crippen LogP contribution >= 0.6 is 11.6 Å². The van der Waals surface area contributed by atoms with E-state index in [0.717, 1.165) is 54.7 Å². The standard InChI is InChI=1S/C29H28ClN3O2/c1-20(34)29(2)14-16-33(17-15-29)19-21-8-10-23(11-9-21)27-31-28(35-32-27)24-12-13-25(26(30)18-24)22-6-4-3-5-7-22/h3-13,18,34H,1,14-17,19H2,2H3. The van der Waals surface area contributed by atoms with Gasteiger partial charge in [-0.2, -0.15) is 4.98 Å². The van der Waals surface area contributed by atoms with Gasteiger partial charge in [0.05, 0.1) is 5.76 Å². The molecule has 0 unspecified atom stereocenters. The Balaban J connectivity index is 1.26. The SMILES string of the molecule is C=C(O)C1(C)CCN(Cc2ccc(-c3noc(-c4ccc(-c5ccccc5)c(Cl)c4)n3)cc2)CC1. The monoisotopic (exact) mass is 485 g/mol. The van der Waals surface area contributed by atoms with E-state index in [1.54, 1.807) is 0 Å². The van der Waals surface area contributed by atoms with Gasteiger partial charge < -0.3 is 9.63 Å². The number of allylic oxidation sites excluding steroid dienone is 1.